The second-order valence-electron chi connectivity index (χ2n) is 6.43. The van der Waals surface area contributed by atoms with Crippen LogP contribution in [0.2, 0.25) is 5.02 Å². The number of hydrogen-bond donors (Lipinski definition) is 1. The van der Waals surface area contributed by atoms with Crippen LogP contribution in [-0.4, -0.2) is 39.7 Å². The van der Waals surface area contributed by atoms with Crippen LogP contribution in [0.5, 0.6) is 0 Å². The molecule has 0 aliphatic carbocycles. The molecule has 0 radical (unpaired) electrons. The molecule has 0 unspecified atom stereocenters. The molecule has 1 N–H and O–H groups in total. The van der Waals surface area contributed by atoms with Gasteiger partial charge in [0.05, 0.1) is 29.6 Å². The number of nitrogens with zero attached hydrogens (tertiary/aromatic N) is 1. The summed E-state index contributed by atoms with van der Waals surface area (Å²) >= 11 is 5.98. The molecule has 9 heteroatoms. The van der Waals surface area contributed by atoms with Crippen molar-refractivity contribution in [2.24, 2.45) is 0 Å². The molecule has 7 nitrogen and oxygen atoms in total. The zero-order valence-corrected chi connectivity index (χ0v) is 18.2. The van der Waals surface area contributed by atoms with Crippen molar-refractivity contribution in [3.8, 4) is 0 Å². The maximum atomic E-state index is 12.8. The van der Waals surface area contributed by atoms with Gasteiger partial charge in [-0.15, -0.1) is 0 Å². The third-order valence-corrected chi connectivity index (χ3v) is 5.90. The van der Waals surface area contributed by atoms with Crippen LogP contribution in [0.15, 0.2) is 42.5 Å². The lowest BCUT2D eigenvalue weighted by Crippen LogP contribution is -2.45. The van der Waals surface area contributed by atoms with E-state index in [0.717, 1.165) is 22.5 Å². The molecule has 0 aliphatic rings. The number of carbonyl (C=O) groups excluding carboxylic acids is 2. The quantitative estimate of drug-likeness (QED) is 0.668. The standard InChI is InChI=1S/C20H23ClN2O5S/c1-5-14-6-9-16(10-7-14)23(29(4,26)27)13(2)19(24)22-15-8-11-18(21)17(12-15)20(25)28-3/h6-13H,5H2,1-4H3,(H,22,24)/t13-/m1/s1. The van der Waals surface area contributed by atoms with Crippen molar-refractivity contribution in [1.29, 1.82) is 0 Å². The highest BCUT2D eigenvalue weighted by Gasteiger charge is 2.29. The number of ether oxygens (including phenoxy) is 1. The van der Waals surface area contributed by atoms with Gasteiger partial charge in [0.15, 0.2) is 0 Å². The van der Waals surface area contributed by atoms with Crippen molar-refractivity contribution in [2.45, 2.75) is 26.3 Å². The van der Waals surface area contributed by atoms with E-state index in [4.69, 9.17) is 11.6 Å². The minimum absolute atomic E-state index is 0.0924. The number of aryl methyl sites for hydroxylation is 1. The molecule has 1 atom stereocenters. The van der Waals surface area contributed by atoms with Gasteiger partial charge in [-0.1, -0.05) is 30.7 Å². The van der Waals surface area contributed by atoms with Gasteiger partial charge in [0.25, 0.3) is 0 Å². The van der Waals surface area contributed by atoms with Crippen LogP contribution in [0.4, 0.5) is 11.4 Å². The molecule has 0 bridgehead atoms. The maximum Gasteiger partial charge on any atom is 0.339 e. The molecular weight excluding hydrogens is 416 g/mol. The Balaban J connectivity index is 2.31. The fraction of sp³-hybridized carbons (Fsp3) is 0.300. The van der Waals surface area contributed by atoms with Gasteiger partial charge in [-0.2, -0.15) is 0 Å². The SMILES string of the molecule is CCc1ccc(N([C@H](C)C(=O)Nc2ccc(Cl)c(C(=O)OC)c2)S(C)(=O)=O)cc1. The molecule has 2 rings (SSSR count). The Morgan fingerprint density at radius 3 is 2.31 bits per heavy atom. The predicted molar refractivity (Wildman–Crippen MR) is 114 cm³/mol. The lowest BCUT2D eigenvalue weighted by molar-refractivity contribution is -0.116. The third kappa shape index (κ3) is 5.48. The van der Waals surface area contributed by atoms with Crippen molar-refractivity contribution in [1.82, 2.24) is 0 Å². The second-order valence-corrected chi connectivity index (χ2v) is 8.70. The third-order valence-electron chi connectivity index (χ3n) is 4.33. The zero-order valence-electron chi connectivity index (χ0n) is 16.6. The van der Waals surface area contributed by atoms with E-state index in [1.165, 1.54) is 32.2 Å². The number of sulfonamides is 1. The Bertz CT molecular complexity index is 1010. The number of halogens is 1. The average Bonchev–Trinajstić information content (AvgIpc) is 2.68. The van der Waals surface area contributed by atoms with Crippen LogP contribution >= 0.6 is 11.6 Å². The molecule has 156 valence electrons. The molecule has 0 fully saturated rings. The molecule has 0 spiro atoms. The van der Waals surface area contributed by atoms with Crippen LogP contribution < -0.4 is 9.62 Å². The Morgan fingerprint density at radius 2 is 1.79 bits per heavy atom. The number of esters is 1. The minimum Gasteiger partial charge on any atom is -0.465 e. The van der Waals surface area contributed by atoms with Gasteiger partial charge < -0.3 is 10.1 Å². The molecule has 0 aromatic heterocycles. The summed E-state index contributed by atoms with van der Waals surface area (Å²) in [5.74, 6) is -1.21. The van der Waals surface area contributed by atoms with Crippen molar-refractivity contribution >= 4 is 44.9 Å². The molecular formula is C20H23ClN2O5S. The van der Waals surface area contributed by atoms with Gasteiger partial charge in [0.2, 0.25) is 15.9 Å². The summed E-state index contributed by atoms with van der Waals surface area (Å²) in [4.78, 5) is 24.5. The molecule has 2 aromatic rings. The van der Waals surface area contributed by atoms with Gasteiger partial charge in [-0.3, -0.25) is 9.10 Å². The summed E-state index contributed by atoms with van der Waals surface area (Å²) < 4.78 is 30.5. The van der Waals surface area contributed by atoms with Crippen molar-refractivity contribution in [3.05, 3.63) is 58.6 Å². The first-order chi connectivity index (χ1) is 13.6. The van der Waals surface area contributed by atoms with Gasteiger partial charge >= 0.3 is 5.97 Å². The van der Waals surface area contributed by atoms with Gasteiger partial charge in [-0.05, 0) is 49.2 Å². The number of amides is 1. The van der Waals surface area contributed by atoms with Crippen LogP contribution in [-0.2, 0) is 26.0 Å². The minimum atomic E-state index is -3.73. The van der Waals surface area contributed by atoms with E-state index in [0.29, 0.717) is 11.4 Å². The number of anilines is 2. The monoisotopic (exact) mass is 438 g/mol. The van der Waals surface area contributed by atoms with Crippen LogP contribution in [0.1, 0.15) is 29.8 Å². The van der Waals surface area contributed by atoms with Crippen molar-refractivity contribution in [2.75, 3.05) is 23.0 Å². The zero-order chi connectivity index (χ0) is 21.8. The number of rotatable bonds is 7. The highest BCUT2D eigenvalue weighted by atomic mass is 35.5. The Labute approximate surface area is 175 Å². The number of hydrogen-bond acceptors (Lipinski definition) is 5. The summed E-state index contributed by atoms with van der Waals surface area (Å²) in [6.45, 7) is 3.48. The van der Waals surface area contributed by atoms with Gasteiger partial charge in [0.1, 0.15) is 6.04 Å². The van der Waals surface area contributed by atoms with Gasteiger partial charge in [0, 0.05) is 5.69 Å². The Hall–Kier alpha value is -2.58. The molecule has 0 saturated heterocycles. The smallest absolute Gasteiger partial charge is 0.339 e. The summed E-state index contributed by atoms with van der Waals surface area (Å²) in [6.07, 6.45) is 1.86. The molecule has 29 heavy (non-hydrogen) atoms. The largest absolute Gasteiger partial charge is 0.465 e. The first-order valence-corrected chi connectivity index (χ1v) is 11.1. The first-order valence-electron chi connectivity index (χ1n) is 8.85. The fourth-order valence-corrected chi connectivity index (χ4v) is 4.17. The van der Waals surface area contributed by atoms with Crippen molar-refractivity contribution < 1.29 is 22.7 Å². The molecule has 2 aromatic carbocycles. The number of benzene rings is 2. The summed E-state index contributed by atoms with van der Waals surface area (Å²) in [7, 11) is -2.51. The highest BCUT2D eigenvalue weighted by molar-refractivity contribution is 7.92. The molecule has 0 aliphatic heterocycles. The van der Waals surface area contributed by atoms with E-state index in [-0.39, 0.29) is 10.6 Å². The molecule has 0 saturated carbocycles. The summed E-state index contributed by atoms with van der Waals surface area (Å²) in [6, 6.07) is 10.3. The lowest BCUT2D eigenvalue weighted by atomic mass is 10.1. The lowest BCUT2D eigenvalue weighted by Gasteiger charge is -2.28. The molecule has 1 amide bonds. The van der Waals surface area contributed by atoms with E-state index in [9.17, 15) is 18.0 Å². The van der Waals surface area contributed by atoms with E-state index < -0.39 is 27.9 Å². The van der Waals surface area contributed by atoms with Crippen LogP contribution in [0, 0.1) is 0 Å². The fourth-order valence-electron chi connectivity index (χ4n) is 2.80. The number of carbonyl (C=O) groups is 2. The number of nitrogens with one attached hydrogen (secondary N) is 1. The van der Waals surface area contributed by atoms with Gasteiger partial charge in [-0.25, -0.2) is 13.2 Å². The maximum absolute atomic E-state index is 12.8. The van der Waals surface area contributed by atoms with E-state index >= 15 is 0 Å². The Morgan fingerprint density at radius 1 is 1.17 bits per heavy atom. The molecule has 0 heterocycles. The number of methoxy groups -OCH3 is 1. The van der Waals surface area contributed by atoms with E-state index in [1.54, 1.807) is 12.1 Å². The normalized spacial score (nSPS) is 12.2. The van der Waals surface area contributed by atoms with Crippen LogP contribution in [0.3, 0.4) is 0 Å². The predicted octanol–water partition coefficient (Wildman–Crippen LogP) is 3.48. The highest BCUT2D eigenvalue weighted by Crippen LogP contribution is 2.24. The Kier molecular flexibility index (Phi) is 7.26. The van der Waals surface area contributed by atoms with Crippen LogP contribution in [0.25, 0.3) is 0 Å². The topological polar surface area (TPSA) is 92.8 Å². The summed E-state index contributed by atoms with van der Waals surface area (Å²) in [5, 5.41) is 2.80. The van der Waals surface area contributed by atoms with E-state index in [1.807, 2.05) is 19.1 Å². The van der Waals surface area contributed by atoms with Crippen molar-refractivity contribution in [3.63, 3.8) is 0 Å². The summed E-state index contributed by atoms with van der Waals surface area (Å²) in [5.41, 5.74) is 1.82. The average molecular weight is 439 g/mol. The first kappa shape index (κ1) is 22.7. The van der Waals surface area contributed by atoms with E-state index in [2.05, 4.69) is 10.1 Å². The second kappa shape index (κ2) is 9.28.